The predicted octanol–water partition coefficient (Wildman–Crippen LogP) is 1.13. The van der Waals surface area contributed by atoms with Crippen molar-refractivity contribution in [3.63, 3.8) is 0 Å². The Balaban J connectivity index is 2.26. The molecule has 0 heterocycles. The average molecular weight is 200 g/mol. The van der Waals surface area contributed by atoms with Crippen molar-refractivity contribution in [3.8, 4) is 0 Å². The molecule has 0 amide bonds. The van der Waals surface area contributed by atoms with Crippen molar-refractivity contribution in [1.29, 1.82) is 0 Å². The number of hydrogen-bond acceptors (Lipinski definition) is 3. The van der Waals surface area contributed by atoms with E-state index in [0.29, 0.717) is 6.54 Å². The van der Waals surface area contributed by atoms with Crippen LogP contribution in [0.15, 0.2) is 0 Å². The van der Waals surface area contributed by atoms with E-state index in [1.165, 1.54) is 19.3 Å². The Kier molecular flexibility index (Phi) is 4.35. The van der Waals surface area contributed by atoms with Gasteiger partial charge in [-0.05, 0) is 32.7 Å². The van der Waals surface area contributed by atoms with Crippen molar-refractivity contribution in [2.75, 3.05) is 20.2 Å². The van der Waals surface area contributed by atoms with E-state index in [2.05, 4.69) is 19.2 Å². The lowest BCUT2D eigenvalue weighted by atomic mass is 9.95. The molecule has 1 rings (SSSR count). The van der Waals surface area contributed by atoms with E-state index in [1.807, 2.05) is 0 Å². The lowest BCUT2D eigenvalue weighted by Crippen LogP contribution is -2.57. The number of methoxy groups -OCH3 is 1. The summed E-state index contributed by atoms with van der Waals surface area (Å²) in [5, 5.41) is 3.52. The van der Waals surface area contributed by atoms with Crippen LogP contribution in [0.5, 0.6) is 0 Å². The lowest BCUT2D eigenvalue weighted by Gasteiger charge is -2.34. The molecular weight excluding hydrogens is 176 g/mol. The standard InChI is InChI=1S/C11H24N2O/c1-9(14-3)11(2,8-12)13-7-6-10-4-5-10/h9-10,13H,4-8,12H2,1-3H3. The van der Waals surface area contributed by atoms with Crippen LogP contribution in [-0.4, -0.2) is 31.8 Å². The summed E-state index contributed by atoms with van der Waals surface area (Å²) in [6.07, 6.45) is 4.28. The molecule has 84 valence electrons. The predicted molar refractivity (Wildman–Crippen MR) is 59.3 cm³/mol. The number of nitrogens with one attached hydrogen (secondary N) is 1. The first-order valence-corrected chi connectivity index (χ1v) is 5.60. The van der Waals surface area contributed by atoms with Crippen LogP contribution in [-0.2, 0) is 4.74 Å². The lowest BCUT2D eigenvalue weighted by molar-refractivity contribution is 0.0418. The monoisotopic (exact) mass is 200 g/mol. The molecule has 0 aromatic heterocycles. The Labute approximate surface area is 87.4 Å². The second-order valence-corrected chi connectivity index (χ2v) is 4.66. The van der Waals surface area contributed by atoms with Crippen LogP contribution < -0.4 is 11.1 Å². The third kappa shape index (κ3) is 3.23. The number of ether oxygens (including phenoxy) is 1. The van der Waals surface area contributed by atoms with Gasteiger partial charge in [0.05, 0.1) is 11.6 Å². The topological polar surface area (TPSA) is 47.3 Å². The van der Waals surface area contributed by atoms with Crippen molar-refractivity contribution in [2.24, 2.45) is 11.7 Å². The molecule has 0 aliphatic heterocycles. The highest BCUT2D eigenvalue weighted by atomic mass is 16.5. The fourth-order valence-electron chi connectivity index (χ4n) is 1.61. The molecule has 14 heavy (non-hydrogen) atoms. The summed E-state index contributed by atoms with van der Waals surface area (Å²) >= 11 is 0. The summed E-state index contributed by atoms with van der Waals surface area (Å²) in [7, 11) is 1.74. The Morgan fingerprint density at radius 2 is 2.21 bits per heavy atom. The molecule has 2 atom stereocenters. The normalized spacial score (nSPS) is 23.1. The maximum atomic E-state index is 5.77. The SMILES string of the molecule is COC(C)C(C)(CN)NCCC1CC1. The second-order valence-electron chi connectivity index (χ2n) is 4.66. The first-order chi connectivity index (χ1) is 6.62. The number of hydrogen-bond donors (Lipinski definition) is 2. The molecule has 2 unspecified atom stereocenters. The minimum absolute atomic E-state index is 0.0797. The Morgan fingerprint density at radius 1 is 1.57 bits per heavy atom. The average Bonchev–Trinajstić information content (AvgIpc) is 3.00. The van der Waals surface area contributed by atoms with Gasteiger partial charge in [-0.3, -0.25) is 0 Å². The van der Waals surface area contributed by atoms with Gasteiger partial charge < -0.3 is 15.8 Å². The van der Waals surface area contributed by atoms with Crippen LogP contribution in [0, 0.1) is 5.92 Å². The van der Waals surface area contributed by atoms with E-state index >= 15 is 0 Å². The molecule has 1 fully saturated rings. The first kappa shape index (κ1) is 12.0. The minimum Gasteiger partial charge on any atom is -0.380 e. The first-order valence-electron chi connectivity index (χ1n) is 5.60. The van der Waals surface area contributed by atoms with Gasteiger partial charge in [0.1, 0.15) is 0 Å². The van der Waals surface area contributed by atoms with Crippen LogP contribution >= 0.6 is 0 Å². The molecule has 1 aliphatic carbocycles. The maximum absolute atomic E-state index is 5.77. The van der Waals surface area contributed by atoms with Crippen molar-refractivity contribution < 1.29 is 4.74 Å². The van der Waals surface area contributed by atoms with Crippen LogP contribution in [0.2, 0.25) is 0 Å². The highest BCUT2D eigenvalue weighted by molar-refractivity contribution is 4.90. The third-order valence-electron chi connectivity index (χ3n) is 3.45. The quantitative estimate of drug-likeness (QED) is 0.647. The molecule has 0 bridgehead atoms. The van der Waals surface area contributed by atoms with Gasteiger partial charge in [0.2, 0.25) is 0 Å². The van der Waals surface area contributed by atoms with E-state index in [-0.39, 0.29) is 11.6 Å². The van der Waals surface area contributed by atoms with Crippen molar-refractivity contribution in [1.82, 2.24) is 5.32 Å². The van der Waals surface area contributed by atoms with E-state index < -0.39 is 0 Å². The van der Waals surface area contributed by atoms with Gasteiger partial charge >= 0.3 is 0 Å². The second kappa shape index (κ2) is 5.10. The van der Waals surface area contributed by atoms with E-state index in [9.17, 15) is 0 Å². The van der Waals surface area contributed by atoms with Crippen molar-refractivity contribution in [3.05, 3.63) is 0 Å². The molecular formula is C11H24N2O. The third-order valence-corrected chi connectivity index (χ3v) is 3.45. The summed E-state index contributed by atoms with van der Waals surface area (Å²) in [5.41, 5.74) is 5.69. The zero-order valence-electron chi connectivity index (χ0n) is 9.68. The van der Waals surface area contributed by atoms with Gasteiger partial charge in [-0.1, -0.05) is 12.8 Å². The van der Waals surface area contributed by atoms with Crippen LogP contribution in [0.4, 0.5) is 0 Å². The fraction of sp³-hybridized carbons (Fsp3) is 1.00. The Bertz CT molecular complexity index is 171. The van der Waals surface area contributed by atoms with E-state index in [1.54, 1.807) is 7.11 Å². The van der Waals surface area contributed by atoms with Crippen LogP contribution in [0.3, 0.4) is 0 Å². The molecule has 0 radical (unpaired) electrons. The Morgan fingerprint density at radius 3 is 2.64 bits per heavy atom. The molecule has 0 aromatic carbocycles. The van der Waals surface area contributed by atoms with Crippen LogP contribution in [0.1, 0.15) is 33.1 Å². The van der Waals surface area contributed by atoms with Crippen molar-refractivity contribution in [2.45, 2.75) is 44.8 Å². The summed E-state index contributed by atoms with van der Waals surface area (Å²) in [6, 6.07) is 0. The molecule has 0 aromatic rings. The van der Waals surface area contributed by atoms with Crippen molar-refractivity contribution >= 4 is 0 Å². The molecule has 0 spiro atoms. The minimum atomic E-state index is -0.0797. The van der Waals surface area contributed by atoms with Gasteiger partial charge in [-0.2, -0.15) is 0 Å². The summed E-state index contributed by atoms with van der Waals surface area (Å²) < 4.78 is 5.34. The summed E-state index contributed by atoms with van der Waals surface area (Å²) in [6.45, 7) is 5.88. The molecule has 3 N–H and O–H groups in total. The largest absolute Gasteiger partial charge is 0.380 e. The van der Waals surface area contributed by atoms with Gasteiger partial charge in [-0.15, -0.1) is 0 Å². The smallest absolute Gasteiger partial charge is 0.0734 e. The van der Waals surface area contributed by atoms with Gasteiger partial charge in [0.15, 0.2) is 0 Å². The summed E-state index contributed by atoms with van der Waals surface area (Å²) in [5.74, 6) is 0.974. The van der Waals surface area contributed by atoms with Gasteiger partial charge in [-0.25, -0.2) is 0 Å². The molecule has 3 heteroatoms. The molecule has 1 saturated carbocycles. The zero-order valence-corrected chi connectivity index (χ0v) is 9.68. The Hall–Kier alpha value is -0.120. The van der Waals surface area contributed by atoms with Gasteiger partial charge in [0.25, 0.3) is 0 Å². The van der Waals surface area contributed by atoms with Crippen LogP contribution in [0.25, 0.3) is 0 Å². The van der Waals surface area contributed by atoms with Gasteiger partial charge in [0, 0.05) is 13.7 Å². The summed E-state index contributed by atoms with van der Waals surface area (Å²) in [4.78, 5) is 0. The molecule has 1 aliphatic rings. The molecule has 0 saturated heterocycles. The zero-order chi connectivity index (χ0) is 10.6. The number of rotatable bonds is 7. The highest BCUT2D eigenvalue weighted by Crippen LogP contribution is 2.31. The van der Waals surface area contributed by atoms with E-state index in [4.69, 9.17) is 10.5 Å². The number of nitrogens with two attached hydrogens (primary N) is 1. The van der Waals surface area contributed by atoms with E-state index in [0.717, 1.165) is 12.5 Å². The maximum Gasteiger partial charge on any atom is 0.0734 e. The highest BCUT2D eigenvalue weighted by Gasteiger charge is 2.30. The molecule has 3 nitrogen and oxygen atoms in total. The fourth-order valence-corrected chi connectivity index (χ4v) is 1.61.